The van der Waals surface area contributed by atoms with E-state index in [1.807, 2.05) is 24.3 Å². The Hall–Kier alpha value is -2.30. The van der Waals surface area contributed by atoms with Crippen LogP contribution in [0.4, 0.5) is 0 Å². The first-order valence-electron chi connectivity index (χ1n) is 4.39. The maximum absolute atomic E-state index is 8.61. The average Bonchev–Trinajstić information content (AvgIpc) is 2.78. The lowest BCUT2D eigenvalue weighted by atomic mass is 10.4. The highest BCUT2D eigenvalue weighted by Crippen LogP contribution is 2.09. The number of nitrogens with zero attached hydrogens (tertiary/aromatic N) is 3. The molecule has 5 heteroatoms. The maximum atomic E-state index is 8.61. The van der Waals surface area contributed by atoms with Crippen LogP contribution < -0.4 is 5.73 Å². The van der Waals surface area contributed by atoms with Gasteiger partial charge in [0.05, 0.1) is 5.69 Å². The second-order valence-electron chi connectivity index (χ2n) is 2.94. The minimum absolute atomic E-state index is 0.0608. The highest BCUT2D eigenvalue weighted by atomic mass is 16.4. The summed E-state index contributed by atoms with van der Waals surface area (Å²) in [6.07, 6.45) is 3.49. The van der Waals surface area contributed by atoms with Gasteiger partial charge in [0.2, 0.25) is 0 Å². The van der Waals surface area contributed by atoms with Gasteiger partial charge in [0.1, 0.15) is 5.82 Å². The first kappa shape index (κ1) is 9.26. The molecule has 0 fully saturated rings. The van der Waals surface area contributed by atoms with Gasteiger partial charge < -0.3 is 10.9 Å². The van der Waals surface area contributed by atoms with Crippen LogP contribution in [0.2, 0.25) is 0 Å². The van der Waals surface area contributed by atoms with E-state index in [0.29, 0.717) is 5.69 Å². The normalized spacial score (nSPS) is 11.6. The van der Waals surface area contributed by atoms with Gasteiger partial charge in [0.25, 0.3) is 0 Å². The largest absolute Gasteiger partial charge is 0.409 e. The number of nitrogens with two attached hydrogens (primary N) is 1. The number of hydrogen-bond acceptors (Lipinski definition) is 3. The number of rotatable bonds is 2. The first-order valence-corrected chi connectivity index (χ1v) is 4.39. The van der Waals surface area contributed by atoms with E-state index in [4.69, 9.17) is 10.9 Å². The summed E-state index contributed by atoms with van der Waals surface area (Å²) in [5.41, 5.74) is 6.14. The predicted octanol–water partition coefficient (Wildman–Crippen LogP) is 0.967. The summed E-state index contributed by atoms with van der Waals surface area (Å²) < 4.78 is 1.75. The van der Waals surface area contributed by atoms with E-state index in [9.17, 15) is 0 Å². The van der Waals surface area contributed by atoms with Crippen LogP contribution in [-0.2, 0) is 0 Å². The third-order valence-electron chi connectivity index (χ3n) is 2.02. The predicted molar refractivity (Wildman–Crippen MR) is 56.1 cm³/mol. The fourth-order valence-electron chi connectivity index (χ4n) is 1.34. The monoisotopic (exact) mass is 202 g/mol. The molecule has 0 saturated heterocycles. The van der Waals surface area contributed by atoms with Crippen molar-refractivity contribution in [2.45, 2.75) is 0 Å². The highest BCUT2D eigenvalue weighted by molar-refractivity contribution is 5.96. The zero-order valence-electron chi connectivity index (χ0n) is 7.91. The van der Waals surface area contributed by atoms with Crippen LogP contribution >= 0.6 is 0 Å². The minimum atomic E-state index is 0.0608. The second kappa shape index (κ2) is 3.83. The molecule has 0 aliphatic carbocycles. The second-order valence-corrected chi connectivity index (χ2v) is 2.94. The van der Waals surface area contributed by atoms with Crippen molar-refractivity contribution in [2.24, 2.45) is 10.9 Å². The van der Waals surface area contributed by atoms with Gasteiger partial charge in [-0.05, 0) is 24.3 Å². The molecule has 0 unspecified atom stereocenters. The van der Waals surface area contributed by atoms with Crippen molar-refractivity contribution in [1.29, 1.82) is 0 Å². The van der Waals surface area contributed by atoms with E-state index < -0.39 is 0 Å². The molecule has 5 nitrogen and oxygen atoms in total. The topological polar surface area (TPSA) is 76.4 Å². The molecular formula is C10H10N4O. The van der Waals surface area contributed by atoms with Gasteiger partial charge >= 0.3 is 0 Å². The fraction of sp³-hybridized carbons (Fsp3) is 0. The van der Waals surface area contributed by atoms with Crippen molar-refractivity contribution in [3.63, 3.8) is 0 Å². The van der Waals surface area contributed by atoms with E-state index in [1.165, 1.54) is 0 Å². The molecule has 3 N–H and O–H groups in total. The molecular weight excluding hydrogens is 192 g/mol. The molecule has 0 saturated carbocycles. The van der Waals surface area contributed by atoms with E-state index in [1.54, 1.807) is 23.0 Å². The van der Waals surface area contributed by atoms with Crippen molar-refractivity contribution in [3.05, 3.63) is 48.4 Å². The van der Waals surface area contributed by atoms with Gasteiger partial charge in [-0.3, -0.25) is 4.57 Å². The third-order valence-corrected chi connectivity index (χ3v) is 2.02. The number of amidine groups is 1. The van der Waals surface area contributed by atoms with Crippen LogP contribution in [0, 0.1) is 0 Å². The quantitative estimate of drug-likeness (QED) is 0.329. The maximum Gasteiger partial charge on any atom is 0.187 e. The standard InChI is InChI=1S/C10H10N4O/c11-10(13-15)8-4-3-7-14(8)9-5-1-2-6-12-9/h1-7,15H,(H2,11,13). The van der Waals surface area contributed by atoms with E-state index >= 15 is 0 Å². The van der Waals surface area contributed by atoms with Crippen molar-refractivity contribution in [3.8, 4) is 5.82 Å². The molecule has 0 aromatic carbocycles. The molecule has 2 heterocycles. The Morgan fingerprint density at radius 2 is 2.20 bits per heavy atom. The lowest BCUT2D eigenvalue weighted by Gasteiger charge is -2.05. The molecule has 0 bridgehead atoms. The number of hydrogen-bond donors (Lipinski definition) is 2. The van der Waals surface area contributed by atoms with Crippen LogP contribution in [0.1, 0.15) is 5.69 Å². The molecule has 2 aromatic rings. The Balaban J connectivity index is 2.51. The fourth-order valence-corrected chi connectivity index (χ4v) is 1.34. The first-order chi connectivity index (χ1) is 7.33. The van der Waals surface area contributed by atoms with Crippen molar-refractivity contribution >= 4 is 5.84 Å². The van der Waals surface area contributed by atoms with E-state index in [2.05, 4.69) is 10.1 Å². The Labute approximate surface area is 86.5 Å². The van der Waals surface area contributed by atoms with Crippen LogP contribution in [0.3, 0.4) is 0 Å². The smallest absolute Gasteiger partial charge is 0.187 e. The van der Waals surface area contributed by atoms with Crippen molar-refractivity contribution in [1.82, 2.24) is 9.55 Å². The number of pyridine rings is 1. The Morgan fingerprint density at radius 3 is 2.87 bits per heavy atom. The van der Waals surface area contributed by atoms with Crippen molar-refractivity contribution in [2.75, 3.05) is 0 Å². The molecule has 76 valence electrons. The van der Waals surface area contributed by atoms with Crippen LogP contribution in [-0.4, -0.2) is 20.6 Å². The third kappa shape index (κ3) is 1.67. The number of aromatic nitrogens is 2. The average molecular weight is 202 g/mol. The highest BCUT2D eigenvalue weighted by Gasteiger charge is 2.07. The Bertz CT molecular complexity index is 475. The van der Waals surface area contributed by atoms with E-state index in [-0.39, 0.29) is 5.84 Å². The number of oxime groups is 1. The van der Waals surface area contributed by atoms with Gasteiger partial charge in [-0.1, -0.05) is 11.2 Å². The summed E-state index contributed by atoms with van der Waals surface area (Å²) in [5, 5.41) is 11.6. The summed E-state index contributed by atoms with van der Waals surface area (Å²) in [6.45, 7) is 0. The van der Waals surface area contributed by atoms with E-state index in [0.717, 1.165) is 5.82 Å². The van der Waals surface area contributed by atoms with Gasteiger partial charge in [-0.2, -0.15) is 0 Å². The summed E-state index contributed by atoms with van der Waals surface area (Å²) in [5.74, 6) is 0.787. The lowest BCUT2D eigenvalue weighted by Crippen LogP contribution is -2.17. The molecule has 0 atom stereocenters. The zero-order chi connectivity index (χ0) is 10.7. The zero-order valence-corrected chi connectivity index (χ0v) is 7.91. The van der Waals surface area contributed by atoms with Gasteiger partial charge in [-0.25, -0.2) is 4.98 Å². The van der Waals surface area contributed by atoms with Gasteiger partial charge in [-0.15, -0.1) is 0 Å². The molecule has 0 aliphatic rings. The van der Waals surface area contributed by atoms with Crippen LogP contribution in [0.15, 0.2) is 47.9 Å². The van der Waals surface area contributed by atoms with Gasteiger partial charge in [0, 0.05) is 12.4 Å². The lowest BCUT2D eigenvalue weighted by molar-refractivity contribution is 0.318. The summed E-state index contributed by atoms with van der Waals surface area (Å²) in [4.78, 5) is 4.17. The van der Waals surface area contributed by atoms with Crippen LogP contribution in [0.25, 0.3) is 5.82 Å². The summed E-state index contributed by atoms with van der Waals surface area (Å²) >= 11 is 0. The molecule has 0 amide bonds. The van der Waals surface area contributed by atoms with Crippen molar-refractivity contribution < 1.29 is 5.21 Å². The summed E-state index contributed by atoms with van der Waals surface area (Å²) in [7, 11) is 0. The van der Waals surface area contributed by atoms with Gasteiger partial charge in [0.15, 0.2) is 5.84 Å². The molecule has 2 aromatic heterocycles. The molecule has 2 rings (SSSR count). The molecule has 0 spiro atoms. The van der Waals surface area contributed by atoms with Crippen LogP contribution in [0.5, 0.6) is 0 Å². The molecule has 0 aliphatic heterocycles. The SMILES string of the molecule is N/C(=N/O)c1cccn1-c1ccccn1. The molecule has 15 heavy (non-hydrogen) atoms. The summed E-state index contributed by atoms with van der Waals surface area (Å²) in [6, 6.07) is 9.11. The Kier molecular flexibility index (Phi) is 2.37. The molecule has 0 radical (unpaired) electrons. The minimum Gasteiger partial charge on any atom is -0.409 e. The Morgan fingerprint density at radius 1 is 1.33 bits per heavy atom.